The smallest absolute Gasteiger partial charge is 0.324 e. The lowest BCUT2D eigenvalue weighted by Gasteiger charge is -2.20. The van der Waals surface area contributed by atoms with Gasteiger partial charge in [-0.25, -0.2) is 0 Å². The number of likely N-dealkylation sites (N-methyl/N-ethyl adjacent to an activating group) is 1. The van der Waals surface area contributed by atoms with Gasteiger partial charge in [0.1, 0.15) is 6.04 Å². The average Bonchev–Trinajstić information content (AvgIpc) is 2.95. The third-order valence-electron chi connectivity index (χ3n) is 3.39. The molecule has 1 unspecified atom stereocenters. The largest absolute Gasteiger partial charge is 0.480 e. The van der Waals surface area contributed by atoms with E-state index in [4.69, 9.17) is 4.74 Å². The maximum absolute atomic E-state index is 11.5. The quantitative estimate of drug-likeness (QED) is 0.780. The molecule has 0 fully saturated rings. The Bertz CT molecular complexity index is 652. The number of carbonyl (C=O) groups is 1. The summed E-state index contributed by atoms with van der Waals surface area (Å²) in [4.78, 5) is 13.2. The molecule has 1 heterocycles. The Morgan fingerprint density at radius 2 is 2.17 bits per heavy atom. The molecule has 0 spiro atoms. The van der Waals surface area contributed by atoms with Crippen molar-refractivity contribution in [3.63, 3.8) is 0 Å². The second-order valence-electron chi connectivity index (χ2n) is 5.29. The van der Waals surface area contributed by atoms with Crippen LogP contribution in [-0.2, 0) is 22.7 Å². The molecule has 0 radical (unpaired) electrons. The number of hydrogen-bond donors (Lipinski definition) is 2. The zero-order chi connectivity index (χ0) is 16.7. The van der Waals surface area contributed by atoms with E-state index in [0.29, 0.717) is 13.2 Å². The van der Waals surface area contributed by atoms with Crippen molar-refractivity contribution in [2.45, 2.75) is 19.2 Å². The Labute approximate surface area is 135 Å². The van der Waals surface area contributed by atoms with E-state index in [1.54, 1.807) is 25.1 Å². The summed E-state index contributed by atoms with van der Waals surface area (Å²) in [5.74, 6) is -0.896. The normalized spacial score (nSPS) is 12.8. The minimum absolute atomic E-state index is 0.427. The number of benzene rings is 1. The lowest BCUT2D eigenvalue weighted by molar-refractivity contribution is -0.141. The molecule has 23 heavy (non-hydrogen) atoms. The van der Waals surface area contributed by atoms with E-state index in [9.17, 15) is 9.90 Å². The highest BCUT2D eigenvalue weighted by atomic mass is 16.5. The molecule has 1 aromatic carbocycles. The van der Waals surface area contributed by atoms with Crippen LogP contribution in [0.3, 0.4) is 0 Å². The summed E-state index contributed by atoms with van der Waals surface area (Å²) in [5.41, 5.74) is 2.61. The summed E-state index contributed by atoms with van der Waals surface area (Å²) in [7, 11) is 3.38. The van der Waals surface area contributed by atoms with Crippen LogP contribution in [-0.4, -0.2) is 46.4 Å². The summed E-state index contributed by atoms with van der Waals surface area (Å²) in [5, 5.41) is 16.5. The van der Waals surface area contributed by atoms with E-state index in [1.165, 1.54) is 0 Å². The first-order chi connectivity index (χ1) is 11.1. The molecule has 122 valence electrons. The van der Waals surface area contributed by atoms with Gasteiger partial charge in [-0.2, -0.15) is 5.10 Å². The number of aliphatic carboxylic acids is 1. The number of nitrogens with one attached hydrogen (secondary N) is 1. The van der Waals surface area contributed by atoms with Gasteiger partial charge in [0, 0.05) is 13.7 Å². The minimum atomic E-state index is -0.896. The predicted molar refractivity (Wildman–Crippen MR) is 87.7 cm³/mol. The molecule has 6 heteroatoms. The number of H-pyrrole nitrogens is 1. The third kappa shape index (κ3) is 5.05. The molecule has 2 aromatic rings. The van der Waals surface area contributed by atoms with Crippen LogP contribution in [0.5, 0.6) is 0 Å². The third-order valence-corrected chi connectivity index (χ3v) is 3.39. The highest BCUT2D eigenvalue weighted by Crippen LogP contribution is 2.10. The molecule has 1 atom stereocenters. The van der Waals surface area contributed by atoms with Crippen LogP contribution in [0.1, 0.15) is 17.0 Å². The Morgan fingerprint density at radius 3 is 2.83 bits per heavy atom. The molecule has 0 aliphatic rings. The van der Waals surface area contributed by atoms with Crippen LogP contribution in [0.15, 0.2) is 42.5 Å². The van der Waals surface area contributed by atoms with Gasteiger partial charge in [0.25, 0.3) is 0 Å². The lowest BCUT2D eigenvalue weighted by Crippen LogP contribution is -2.36. The molecule has 0 saturated carbocycles. The topological polar surface area (TPSA) is 78.4 Å². The molecule has 0 bridgehead atoms. The van der Waals surface area contributed by atoms with Gasteiger partial charge >= 0.3 is 5.97 Å². The van der Waals surface area contributed by atoms with Crippen LogP contribution in [0, 0.1) is 0 Å². The second kappa shape index (κ2) is 8.26. The van der Waals surface area contributed by atoms with Crippen LogP contribution in [0.25, 0.3) is 6.08 Å². The van der Waals surface area contributed by atoms with Gasteiger partial charge in [0.15, 0.2) is 0 Å². The minimum Gasteiger partial charge on any atom is -0.480 e. The number of rotatable bonds is 8. The van der Waals surface area contributed by atoms with Gasteiger partial charge in [0.05, 0.1) is 18.0 Å². The number of hydrogen-bond acceptors (Lipinski definition) is 4. The first kappa shape index (κ1) is 16.9. The zero-order valence-electron chi connectivity index (χ0n) is 13.3. The Morgan fingerprint density at radius 1 is 1.43 bits per heavy atom. The van der Waals surface area contributed by atoms with Gasteiger partial charge in [0.2, 0.25) is 0 Å². The summed E-state index contributed by atoms with van der Waals surface area (Å²) in [6.07, 6.45) is 3.50. The van der Waals surface area contributed by atoms with Crippen molar-refractivity contribution in [2.24, 2.45) is 0 Å². The van der Waals surface area contributed by atoms with Crippen molar-refractivity contribution in [2.75, 3.05) is 14.2 Å². The zero-order valence-corrected chi connectivity index (χ0v) is 13.3. The molecule has 2 rings (SSSR count). The fourth-order valence-corrected chi connectivity index (χ4v) is 2.26. The molecule has 0 aliphatic carbocycles. The molecular weight excluding hydrogens is 294 g/mol. The standard InChI is InChI=1S/C17H21N3O3/c1-20(11-14-10-15(12-23-2)19-18-14)16(17(21)22)9-8-13-6-4-3-5-7-13/h3-10,16H,11-12H2,1-2H3,(H,18,19)(H,21,22)/b9-8+. The fraction of sp³-hybridized carbons (Fsp3) is 0.294. The maximum atomic E-state index is 11.5. The van der Waals surface area contributed by atoms with E-state index >= 15 is 0 Å². The number of methoxy groups -OCH3 is 1. The van der Waals surface area contributed by atoms with Crippen molar-refractivity contribution < 1.29 is 14.6 Å². The van der Waals surface area contributed by atoms with Crippen molar-refractivity contribution in [3.05, 3.63) is 59.4 Å². The highest BCUT2D eigenvalue weighted by molar-refractivity contribution is 5.77. The fourth-order valence-electron chi connectivity index (χ4n) is 2.26. The average molecular weight is 315 g/mol. The van der Waals surface area contributed by atoms with Crippen LogP contribution < -0.4 is 0 Å². The number of ether oxygens (including phenoxy) is 1. The molecule has 2 N–H and O–H groups in total. The Balaban J connectivity index is 2.04. The summed E-state index contributed by atoms with van der Waals surface area (Å²) < 4.78 is 5.03. The van der Waals surface area contributed by atoms with E-state index in [1.807, 2.05) is 42.5 Å². The maximum Gasteiger partial charge on any atom is 0.324 e. The van der Waals surface area contributed by atoms with Crippen molar-refractivity contribution in [1.29, 1.82) is 0 Å². The van der Waals surface area contributed by atoms with Crippen LogP contribution >= 0.6 is 0 Å². The molecular formula is C17H21N3O3. The predicted octanol–water partition coefficient (Wildman–Crippen LogP) is 2.15. The van der Waals surface area contributed by atoms with Crippen molar-refractivity contribution in [1.82, 2.24) is 15.1 Å². The van der Waals surface area contributed by atoms with Crippen LogP contribution in [0.2, 0.25) is 0 Å². The molecule has 6 nitrogen and oxygen atoms in total. The number of carboxylic acids is 1. The Hall–Kier alpha value is -2.44. The first-order valence-electron chi connectivity index (χ1n) is 7.28. The number of nitrogens with zero attached hydrogens (tertiary/aromatic N) is 2. The second-order valence-corrected chi connectivity index (χ2v) is 5.29. The van der Waals surface area contributed by atoms with E-state index < -0.39 is 12.0 Å². The number of carboxylic acid groups (broad SMARTS) is 1. The summed E-state index contributed by atoms with van der Waals surface area (Å²) >= 11 is 0. The molecule has 0 amide bonds. The van der Waals surface area contributed by atoms with Gasteiger partial charge in [-0.1, -0.05) is 42.5 Å². The summed E-state index contributed by atoms with van der Waals surface area (Å²) in [6, 6.07) is 10.8. The van der Waals surface area contributed by atoms with Gasteiger partial charge in [-0.3, -0.25) is 14.8 Å². The van der Waals surface area contributed by atoms with Gasteiger partial charge in [-0.15, -0.1) is 0 Å². The number of aromatic nitrogens is 2. The van der Waals surface area contributed by atoms with Gasteiger partial charge < -0.3 is 9.84 Å². The van der Waals surface area contributed by atoms with Gasteiger partial charge in [-0.05, 0) is 18.7 Å². The van der Waals surface area contributed by atoms with Crippen molar-refractivity contribution >= 4 is 12.0 Å². The molecule has 0 saturated heterocycles. The SMILES string of the molecule is COCc1cc(CN(C)C(/C=C/c2ccccc2)C(=O)O)n[nH]1. The lowest BCUT2D eigenvalue weighted by atomic mass is 10.1. The number of aromatic amines is 1. The highest BCUT2D eigenvalue weighted by Gasteiger charge is 2.20. The first-order valence-corrected chi connectivity index (χ1v) is 7.28. The molecule has 1 aromatic heterocycles. The summed E-state index contributed by atoms with van der Waals surface area (Å²) in [6.45, 7) is 0.878. The van der Waals surface area contributed by atoms with Crippen molar-refractivity contribution in [3.8, 4) is 0 Å². The van der Waals surface area contributed by atoms with E-state index in [0.717, 1.165) is 17.0 Å². The van der Waals surface area contributed by atoms with E-state index in [-0.39, 0.29) is 0 Å². The molecule has 0 aliphatic heterocycles. The monoisotopic (exact) mass is 315 g/mol. The van der Waals surface area contributed by atoms with Crippen LogP contribution in [0.4, 0.5) is 0 Å². The van der Waals surface area contributed by atoms with E-state index in [2.05, 4.69) is 10.2 Å². The Kier molecular flexibility index (Phi) is 6.08.